The zero-order valence-corrected chi connectivity index (χ0v) is 44.1. The molecule has 0 saturated carbocycles. The van der Waals surface area contributed by atoms with Gasteiger partial charge < -0.3 is 53.2 Å². The lowest BCUT2D eigenvalue weighted by molar-refractivity contribution is -0.144. The van der Waals surface area contributed by atoms with Crippen LogP contribution < -0.4 is 43.4 Å². The molecule has 0 spiro atoms. The van der Waals surface area contributed by atoms with Crippen LogP contribution in [0.15, 0.2) is 72.8 Å². The van der Waals surface area contributed by atoms with E-state index in [1.165, 1.54) is 47.9 Å². The van der Waals surface area contributed by atoms with Crippen LogP contribution in [0.1, 0.15) is 149 Å². The molecule has 2 fully saturated rings. The fourth-order valence-corrected chi connectivity index (χ4v) is 10.7. The van der Waals surface area contributed by atoms with E-state index >= 15 is 0 Å². The number of aryl methyl sites for hydroxylation is 2. The highest BCUT2D eigenvalue weighted by atomic mass is 16.2. The molecule has 2 heterocycles. The van der Waals surface area contributed by atoms with Gasteiger partial charge >= 0.3 is 0 Å². The molecule has 398 valence electrons. The molecule has 18 heteroatoms. The number of hydrogen-bond acceptors (Lipinski definition) is 10. The average Bonchev–Trinajstić information content (AvgIpc) is 3.98. The Morgan fingerprint density at radius 3 is 1.22 bits per heavy atom. The van der Waals surface area contributed by atoms with Crippen molar-refractivity contribution in [2.45, 2.75) is 167 Å². The Labute approximate surface area is 434 Å². The summed E-state index contributed by atoms with van der Waals surface area (Å²) >= 11 is 0. The Morgan fingerprint density at radius 1 is 0.527 bits per heavy atom. The predicted octanol–water partition coefficient (Wildman–Crippen LogP) is 3.23. The van der Waals surface area contributed by atoms with Crippen LogP contribution in [0.25, 0.3) is 0 Å². The SMILES string of the molecule is C[C@H](N)C(=O)N[C@H](C(=O)N1CC(NC(=O)c2ccc(C(=O)N[C@H]3C[C@@H](C(=O)N[C@@H]4CCCc5ccccc54)N(C(=O)[C@@H](NC(=O)[C@H](C)N)C(C)(C)C)C3)cc2)C[C@H]1C(=O)N[C@@H]1CCCc2ccccc21)C(C)(C)C. The summed E-state index contributed by atoms with van der Waals surface area (Å²) in [5.41, 5.74) is 15.1. The molecule has 3 aromatic carbocycles. The van der Waals surface area contributed by atoms with Crippen molar-refractivity contribution in [3.63, 3.8) is 0 Å². The van der Waals surface area contributed by atoms with Crippen LogP contribution in [-0.2, 0) is 41.6 Å². The van der Waals surface area contributed by atoms with Gasteiger partial charge in [-0.3, -0.25) is 38.4 Å². The second kappa shape index (κ2) is 22.8. The Kier molecular flexibility index (Phi) is 17.0. The van der Waals surface area contributed by atoms with Crippen molar-refractivity contribution >= 4 is 47.3 Å². The smallest absolute Gasteiger partial charge is 0.251 e. The van der Waals surface area contributed by atoms with Crippen LogP contribution in [0.3, 0.4) is 0 Å². The minimum atomic E-state index is -1.02. The summed E-state index contributed by atoms with van der Waals surface area (Å²) < 4.78 is 0. The molecule has 1 unspecified atom stereocenters. The fourth-order valence-electron chi connectivity index (χ4n) is 10.7. The quantitative estimate of drug-likeness (QED) is 0.117. The van der Waals surface area contributed by atoms with E-state index in [0.29, 0.717) is 0 Å². The first-order valence-electron chi connectivity index (χ1n) is 26.1. The lowest BCUT2D eigenvalue weighted by Gasteiger charge is -2.36. The number of fused-ring (bicyclic) bond motifs is 2. The lowest BCUT2D eigenvalue weighted by Crippen LogP contribution is -2.59. The van der Waals surface area contributed by atoms with Gasteiger partial charge in [0, 0.05) is 36.3 Å². The Hall–Kier alpha value is -6.66. The molecule has 4 aliphatic rings. The van der Waals surface area contributed by atoms with E-state index in [1.807, 2.05) is 77.9 Å². The minimum absolute atomic E-state index is 0.00603. The Balaban J connectivity index is 1.05. The first-order chi connectivity index (χ1) is 34.9. The van der Waals surface area contributed by atoms with Crippen LogP contribution >= 0.6 is 0 Å². The zero-order valence-electron chi connectivity index (χ0n) is 44.1. The third-order valence-electron chi connectivity index (χ3n) is 14.9. The highest BCUT2D eigenvalue weighted by Crippen LogP contribution is 2.34. The van der Waals surface area contributed by atoms with Gasteiger partial charge in [-0.1, -0.05) is 90.1 Å². The van der Waals surface area contributed by atoms with Crippen molar-refractivity contribution in [2.75, 3.05) is 13.1 Å². The van der Waals surface area contributed by atoms with Crippen molar-refractivity contribution in [3.05, 3.63) is 106 Å². The monoisotopic (exact) mass is 1020 g/mol. The number of carbonyl (C=O) groups excluding carboxylic acids is 8. The largest absolute Gasteiger partial charge is 0.347 e. The molecule has 0 aromatic heterocycles. The van der Waals surface area contributed by atoms with E-state index in [2.05, 4.69) is 44.0 Å². The van der Waals surface area contributed by atoms with Gasteiger partial charge in [0.05, 0.1) is 24.2 Å². The van der Waals surface area contributed by atoms with Crippen LogP contribution in [-0.4, -0.2) is 118 Å². The van der Waals surface area contributed by atoms with Gasteiger partial charge in [-0.15, -0.1) is 0 Å². The van der Waals surface area contributed by atoms with Crippen LogP contribution in [0, 0.1) is 10.8 Å². The molecule has 74 heavy (non-hydrogen) atoms. The molecule has 2 aliphatic heterocycles. The van der Waals surface area contributed by atoms with E-state index in [0.717, 1.165) is 60.8 Å². The molecule has 0 bridgehead atoms. The van der Waals surface area contributed by atoms with E-state index in [1.54, 1.807) is 0 Å². The van der Waals surface area contributed by atoms with Gasteiger partial charge in [0.2, 0.25) is 35.4 Å². The first-order valence-corrected chi connectivity index (χ1v) is 26.1. The van der Waals surface area contributed by atoms with Crippen molar-refractivity contribution < 1.29 is 38.4 Å². The van der Waals surface area contributed by atoms with Gasteiger partial charge in [0.25, 0.3) is 11.8 Å². The van der Waals surface area contributed by atoms with Crippen LogP contribution in [0.2, 0.25) is 0 Å². The third kappa shape index (κ3) is 12.8. The molecule has 10 N–H and O–H groups in total. The second-order valence-corrected chi connectivity index (χ2v) is 22.9. The summed E-state index contributed by atoms with van der Waals surface area (Å²) in [6, 6.07) is 14.4. The standard InChI is InChI=1S/C56H76N10O8/c1-31(57)47(67)63-45(55(3,4)5)53(73)65-29-37(27-43(65)51(71)61-41-21-13-17-33-15-9-11-19-39(33)41)59-49(69)35-23-25-36(26-24-35)50(70)60-38-28-44(52(72)62-42-22-14-18-34-16-10-12-20-40(34)42)66(30-38)54(74)46(56(6,7)8)64-48(68)32(2)58/h9-12,15-16,19-20,23-26,31-32,37-38,41-46H,13-14,17-18,21-22,27-30,57-58H2,1-8H3,(H,59,69)(H,60,70)(H,61,71)(H,62,72)(H,63,67)(H,64,68)/t31-,32-,37-,38?,41+,42+,43-,44-,45+,46+/m0/s1. The summed E-state index contributed by atoms with van der Waals surface area (Å²) in [6.45, 7) is 13.9. The van der Waals surface area contributed by atoms with Gasteiger partial charge in [-0.25, -0.2) is 0 Å². The van der Waals surface area contributed by atoms with E-state index in [-0.39, 0.29) is 61.0 Å². The van der Waals surface area contributed by atoms with E-state index in [9.17, 15) is 38.4 Å². The number of rotatable bonds is 14. The maximum absolute atomic E-state index is 14.5. The molecule has 0 radical (unpaired) electrons. The van der Waals surface area contributed by atoms with Gasteiger partial charge in [-0.2, -0.15) is 0 Å². The number of nitrogens with zero attached hydrogens (tertiary/aromatic N) is 2. The molecule has 2 aliphatic carbocycles. The number of nitrogens with two attached hydrogens (primary N) is 2. The van der Waals surface area contributed by atoms with Crippen molar-refractivity contribution in [3.8, 4) is 0 Å². The topological polar surface area (TPSA) is 267 Å². The van der Waals surface area contributed by atoms with Crippen molar-refractivity contribution in [1.29, 1.82) is 0 Å². The zero-order chi connectivity index (χ0) is 53.8. The summed E-state index contributed by atoms with van der Waals surface area (Å²) in [5.74, 6) is -3.67. The first kappa shape index (κ1) is 55.1. The molecule has 7 rings (SSSR count). The van der Waals surface area contributed by atoms with Gasteiger partial charge in [0.1, 0.15) is 24.2 Å². The van der Waals surface area contributed by atoms with Gasteiger partial charge in [0.15, 0.2) is 0 Å². The predicted molar refractivity (Wildman–Crippen MR) is 280 cm³/mol. The van der Waals surface area contributed by atoms with Crippen molar-refractivity contribution in [1.82, 2.24) is 41.7 Å². The summed E-state index contributed by atoms with van der Waals surface area (Å²) in [5, 5.41) is 18.0. The minimum Gasteiger partial charge on any atom is -0.347 e. The molecule has 8 amide bonds. The normalized spacial score (nSPS) is 23.2. The molecular formula is C56H76N10O8. The lowest BCUT2D eigenvalue weighted by atomic mass is 9.85. The molecule has 10 atom stereocenters. The molecule has 2 saturated heterocycles. The number of nitrogens with one attached hydrogen (secondary N) is 6. The number of amides is 8. The summed E-state index contributed by atoms with van der Waals surface area (Å²) in [6.07, 6.45) is 5.25. The summed E-state index contributed by atoms with van der Waals surface area (Å²) in [7, 11) is 0. The van der Waals surface area contributed by atoms with Crippen molar-refractivity contribution in [2.24, 2.45) is 22.3 Å². The molecule has 3 aromatic rings. The summed E-state index contributed by atoms with van der Waals surface area (Å²) in [4.78, 5) is 114. The number of likely N-dealkylation sites (tertiary alicyclic amines) is 2. The number of benzene rings is 3. The third-order valence-corrected chi connectivity index (χ3v) is 14.9. The molecule has 18 nitrogen and oxygen atoms in total. The number of hydrogen-bond donors (Lipinski definition) is 8. The number of carbonyl (C=O) groups is 8. The highest BCUT2D eigenvalue weighted by molar-refractivity contribution is 5.99. The van der Waals surface area contributed by atoms with E-state index < -0.39 is 94.6 Å². The van der Waals surface area contributed by atoms with Crippen LogP contribution in [0.5, 0.6) is 0 Å². The average molecular weight is 1020 g/mol. The fraction of sp³-hybridized carbons (Fsp3) is 0.536. The molecular weight excluding hydrogens is 941 g/mol. The highest BCUT2D eigenvalue weighted by Gasteiger charge is 2.48. The maximum Gasteiger partial charge on any atom is 0.251 e. The van der Waals surface area contributed by atoms with E-state index in [4.69, 9.17) is 11.5 Å². The Bertz CT molecular complexity index is 2430. The van der Waals surface area contributed by atoms with Gasteiger partial charge in [-0.05, 0) is 123 Å². The Morgan fingerprint density at radius 2 is 0.878 bits per heavy atom. The maximum atomic E-state index is 14.5. The second-order valence-electron chi connectivity index (χ2n) is 22.9. The van der Waals surface area contributed by atoms with Crippen LogP contribution in [0.4, 0.5) is 0 Å².